The van der Waals surface area contributed by atoms with Crippen molar-refractivity contribution in [2.45, 2.75) is 19.0 Å². The molecule has 1 aromatic carbocycles. The molecule has 30 heavy (non-hydrogen) atoms. The van der Waals surface area contributed by atoms with Crippen molar-refractivity contribution in [2.75, 3.05) is 12.3 Å². The summed E-state index contributed by atoms with van der Waals surface area (Å²) >= 11 is 7.12. The van der Waals surface area contributed by atoms with Gasteiger partial charge in [0, 0.05) is 40.6 Å². The average Bonchev–Trinajstić information content (AvgIpc) is 3.27. The second-order valence-corrected chi connectivity index (χ2v) is 10.3. The third-order valence-electron chi connectivity index (χ3n) is 4.82. The quantitative estimate of drug-likeness (QED) is 0.585. The summed E-state index contributed by atoms with van der Waals surface area (Å²) in [5, 5.41) is 1.92. The monoisotopic (exact) mass is 462 g/mol. The van der Waals surface area contributed by atoms with Crippen LogP contribution in [0.3, 0.4) is 0 Å². The second-order valence-electron chi connectivity index (χ2n) is 6.96. The zero-order chi connectivity index (χ0) is 21.3. The van der Waals surface area contributed by atoms with Crippen molar-refractivity contribution in [1.29, 1.82) is 0 Å². The molecule has 0 spiro atoms. The van der Waals surface area contributed by atoms with Crippen molar-refractivity contribution in [3.05, 3.63) is 62.8 Å². The molecule has 3 heterocycles. The van der Waals surface area contributed by atoms with E-state index < -0.39 is 16.1 Å². The number of carbonyl (C=O) groups excluding carboxylic acids is 1. The van der Waals surface area contributed by atoms with Gasteiger partial charge in [0.2, 0.25) is 15.9 Å². The van der Waals surface area contributed by atoms with Crippen LogP contribution in [0.5, 0.6) is 0 Å². The molecule has 1 saturated heterocycles. The lowest BCUT2D eigenvalue weighted by atomic mass is 10.1. The smallest absolute Gasteiger partial charge is 0.241 e. The lowest BCUT2D eigenvalue weighted by Crippen LogP contribution is -2.40. The molecular formula is C20H19ClN4O3S2. The number of hydrogen-bond acceptors (Lipinski definition) is 6. The first kappa shape index (κ1) is 20.8. The number of nitrogens with zero attached hydrogens (tertiary/aromatic N) is 2. The number of carbonyl (C=O) groups is 1. The number of amides is 1. The van der Waals surface area contributed by atoms with E-state index in [2.05, 4.69) is 9.71 Å². The van der Waals surface area contributed by atoms with Gasteiger partial charge < -0.3 is 10.6 Å². The van der Waals surface area contributed by atoms with E-state index in [1.165, 1.54) is 17.4 Å². The van der Waals surface area contributed by atoms with Crippen LogP contribution >= 0.6 is 22.9 Å². The summed E-state index contributed by atoms with van der Waals surface area (Å²) in [6, 6.07) is 10.1. The minimum Gasteiger partial charge on any atom is -0.398 e. The molecule has 3 N–H and O–H groups in total. The van der Waals surface area contributed by atoms with E-state index in [-0.39, 0.29) is 5.91 Å². The predicted octanol–water partition coefficient (Wildman–Crippen LogP) is 3.22. The number of thiophene rings is 1. The van der Waals surface area contributed by atoms with E-state index >= 15 is 0 Å². The van der Waals surface area contributed by atoms with Crippen LogP contribution < -0.4 is 10.5 Å². The summed E-state index contributed by atoms with van der Waals surface area (Å²) < 4.78 is 27.7. The molecular weight excluding hydrogens is 444 g/mol. The minimum atomic E-state index is -3.76. The number of fused-ring (bicyclic) bond motifs is 1. The van der Waals surface area contributed by atoms with Crippen molar-refractivity contribution in [2.24, 2.45) is 0 Å². The van der Waals surface area contributed by atoms with Crippen molar-refractivity contribution in [3.8, 4) is 0 Å². The first-order valence-electron chi connectivity index (χ1n) is 9.18. The molecule has 0 saturated carbocycles. The Morgan fingerprint density at radius 3 is 2.90 bits per heavy atom. The topological polar surface area (TPSA) is 105 Å². The van der Waals surface area contributed by atoms with Gasteiger partial charge in [-0.25, -0.2) is 8.42 Å². The Labute approximate surface area is 183 Å². The number of rotatable bonds is 6. The zero-order valence-electron chi connectivity index (χ0n) is 15.8. The van der Waals surface area contributed by atoms with Crippen LogP contribution in [0, 0.1) is 0 Å². The van der Waals surface area contributed by atoms with E-state index in [1.54, 1.807) is 29.3 Å². The SMILES string of the molecule is Nc1ccnc2cc(CN3CCC(NS(=O)(=O)C=Cc4ccc(Cl)s4)C3=O)ccc12. The molecule has 0 bridgehead atoms. The van der Waals surface area contributed by atoms with Gasteiger partial charge in [-0.15, -0.1) is 11.3 Å². The van der Waals surface area contributed by atoms with Crippen LogP contribution in [0.25, 0.3) is 17.0 Å². The van der Waals surface area contributed by atoms with Crippen molar-refractivity contribution in [3.63, 3.8) is 0 Å². The highest BCUT2D eigenvalue weighted by molar-refractivity contribution is 7.92. The average molecular weight is 463 g/mol. The third-order valence-corrected chi connectivity index (χ3v) is 7.13. The molecule has 2 aromatic heterocycles. The molecule has 1 unspecified atom stereocenters. The fourth-order valence-corrected chi connectivity index (χ4v) is 5.42. The van der Waals surface area contributed by atoms with Gasteiger partial charge in [0.15, 0.2) is 0 Å². The molecule has 1 aliphatic rings. The number of benzene rings is 1. The number of nitrogens with two attached hydrogens (primary N) is 1. The minimum absolute atomic E-state index is 0.244. The largest absolute Gasteiger partial charge is 0.398 e. The number of halogens is 1. The van der Waals surface area contributed by atoms with Crippen LogP contribution in [0.1, 0.15) is 16.9 Å². The Hall–Kier alpha value is -2.46. The molecule has 0 aliphatic carbocycles. The Morgan fingerprint density at radius 1 is 1.30 bits per heavy atom. The van der Waals surface area contributed by atoms with Crippen LogP contribution in [0.2, 0.25) is 4.34 Å². The first-order valence-corrected chi connectivity index (χ1v) is 11.9. The maximum atomic E-state index is 12.7. The summed E-state index contributed by atoms with van der Waals surface area (Å²) in [5.41, 5.74) is 8.27. The molecule has 4 rings (SSSR count). The van der Waals surface area contributed by atoms with Crippen molar-refractivity contribution >= 4 is 61.5 Å². The summed E-state index contributed by atoms with van der Waals surface area (Å²) in [7, 11) is -3.76. The van der Waals surface area contributed by atoms with Crippen LogP contribution in [0.15, 0.2) is 48.0 Å². The van der Waals surface area contributed by atoms with E-state index in [0.29, 0.717) is 29.5 Å². The standard InChI is InChI=1S/C20H19ClN4O3S2/c21-19-4-2-14(29-19)7-10-30(27,28)24-17-6-9-25(20(17)26)12-13-1-3-15-16(22)5-8-23-18(15)11-13/h1-5,7-8,10-11,17,24H,6,9,12H2,(H2,22,23). The molecule has 156 valence electrons. The highest BCUT2D eigenvalue weighted by atomic mass is 35.5. The Balaban J connectivity index is 1.41. The highest BCUT2D eigenvalue weighted by Gasteiger charge is 2.33. The van der Waals surface area contributed by atoms with E-state index in [1.807, 2.05) is 18.2 Å². The maximum Gasteiger partial charge on any atom is 0.241 e. The van der Waals surface area contributed by atoms with Crippen molar-refractivity contribution < 1.29 is 13.2 Å². The van der Waals surface area contributed by atoms with Crippen molar-refractivity contribution in [1.82, 2.24) is 14.6 Å². The van der Waals surface area contributed by atoms with E-state index in [0.717, 1.165) is 26.8 Å². The lowest BCUT2D eigenvalue weighted by molar-refractivity contribution is -0.129. The number of anilines is 1. The maximum absolute atomic E-state index is 12.7. The summed E-state index contributed by atoms with van der Waals surface area (Å²) in [6.07, 6.45) is 3.52. The van der Waals surface area contributed by atoms with Gasteiger partial charge in [0.25, 0.3) is 0 Å². The summed E-state index contributed by atoms with van der Waals surface area (Å²) in [6.45, 7) is 0.853. The van der Waals surface area contributed by atoms with Gasteiger partial charge in [0.05, 0.1) is 9.85 Å². The van der Waals surface area contributed by atoms with E-state index in [9.17, 15) is 13.2 Å². The fourth-order valence-electron chi connectivity index (χ4n) is 3.35. The molecule has 1 aliphatic heterocycles. The molecule has 10 heteroatoms. The number of nitrogen functional groups attached to an aromatic ring is 1. The first-order chi connectivity index (χ1) is 14.3. The van der Waals surface area contributed by atoms with Gasteiger partial charge in [-0.05, 0) is 42.3 Å². The van der Waals surface area contributed by atoms with E-state index in [4.69, 9.17) is 17.3 Å². The number of likely N-dealkylation sites (tertiary alicyclic amines) is 1. The Morgan fingerprint density at radius 2 is 2.13 bits per heavy atom. The molecule has 7 nitrogen and oxygen atoms in total. The summed E-state index contributed by atoms with van der Waals surface area (Å²) in [4.78, 5) is 19.4. The lowest BCUT2D eigenvalue weighted by Gasteiger charge is -2.17. The van der Waals surface area contributed by atoms with Crippen LogP contribution in [-0.4, -0.2) is 36.8 Å². The molecule has 0 radical (unpaired) electrons. The van der Waals surface area contributed by atoms with Crippen LogP contribution in [-0.2, 0) is 21.4 Å². The number of nitrogens with one attached hydrogen (secondary N) is 1. The second kappa shape index (κ2) is 8.35. The molecule has 1 atom stereocenters. The van der Waals surface area contributed by atoms with Gasteiger partial charge in [-0.3, -0.25) is 9.78 Å². The van der Waals surface area contributed by atoms with Crippen LogP contribution in [0.4, 0.5) is 5.69 Å². The van der Waals surface area contributed by atoms with Gasteiger partial charge in [-0.1, -0.05) is 23.7 Å². The molecule has 1 fully saturated rings. The Kier molecular flexibility index (Phi) is 5.79. The fraction of sp³-hybridized carbons (Fsp3) is 0.200. The zero-order valence-corrected chi connectivity index (χ0v) is 18.2. The highest BCUT2D eigenvalue weighted by Crippen LogP contribution is 2.24. The molecule has 1 amide bonds. The number of aromatic nitrogens is 1. The van der Waals surface area contributed by atoms with Gasteiger partial charge in [-0.2, -0.15) is 4.72 Å². The number of hydrogen-bond donors (Lipinski definition) is 2. The number of pyridine rings is 1. The Bertz CT molecular complexity index is 1240. The van der Waals surface area contributed by atoms with Gasteiger partial charge in [0.1, 0.15) is 6.04 Å². The molecule has 3 aromatic rings. The third kappa shape index (κ3) is 4.65. The predicted molar refractivity (Wildman–Crippen MR) is 120 cm³/mol. The van der Waals surface area contributed by atoms with Gasteiger partial charge >= 0.3 is 0 Å². The summed E-state index contributed by atoms with van der Waals surface area (Å²) in [5.74, 6) is -0.244. The normalized spacial score (nSPS) is 17.4. The number of sulfonamides is 1.